The van der Waals surface area contributed by atoms with Crippen LogP contribution in [0.4, 0.5) is 5.69 Å². The molecule has 0 amide bonds. The van der Waals surface area contributed by atoms with Crippen LogP contribution < -0.4 is 5.32 Å². The first-order valence-electron chi connectivity index (χ1n) is 4.93. The zero-order chi connectivity index (χ0) is 10.7. The van der Waals surface area contributed by atoms with E-state index in [0.717, 1.165) is 5.69 Å². The van der Waals surface area contributed by atoms with Crippen molar-refractivity contribution < 1.29 is 0 Å². The predicted octanol–water partition coefficient (Wildman–Crippen LogP) is 3.48. The van der Waals surface area contributed by atoms with Gasteiger partial charge in [0, 0.05) is 25.1 Å². The van der Waals surface area contributed by atoms with Gasteiger partial charge in [-0.2, -0.15) is 0 Å². The number of rotatable bonds is 1. The van der Waals surface area contributed by atoms with Gasteiger partial charge in [0.2, 0.25) is 0 Å². The first-order chi connectivity index (χ1) is 6.34. The molecule has 0 aliphatic heterocycles. The standard InChI is InChI=1S/C7H10N2.2C2H6/c1-6-5-9-4-3-7(6)8-2;2*1-2/h3-5H,1-2H3,(H,8,9);2*1-2H3. The fourth-order valence-electron chi connectivity index (χ4n) is 0.754. The summed E-state index contributed by atoms with van der Waals surface area (Å²) in [6, 6.07) is 1.95. The van der Waals surface area contributed by atoms with Crippen molar-refractivity contribution in [3.8, 4) is 0 Å². The molecule has 1 heterocycles. The largest absolute Gasteiger partial charge is 0.388 e. The van der Waals surface area contributed by atoms with Crippen molar-refractivity contribution in [1.29, 1.82) is 0 Å². The Kier molecular flexibility index (Phi) is 12.2. The van der Waals surface area contributed by atoms with Crippen molar-refractivity contribution in [1.82, 2.24) is 4.98 Å². The van der Waals surface area contributed by atoms with Crippen LogP contribution in [0.1, 0.15) is 33.3 Å². The second-order valence-corrected chi connectivity index (χ2v) is 1.94. The smallest absolute Gasteiger partial charge is 0.0398 e. The minimum Gasteiger partial charge on any atom is -0.388 e. The highest BCUT2D eigenvalue weighted by Crippen LogP contribution is 2.09. The molecule has 0 radical (unpaired) electrons. The van der Waals surface area contributed by atoms with Crippen LogP contribution in [0.15, 0.2) is 18.5 Å². The molecule has 0 aliphatic carbocycles. The topological polar surface area (TPSA) is 24.9 Å². The molecule has 0 unspecified atom stereocenters. The fourth-order valence-corrected chi connectivity index (χ4v) is 0.754. The number of hydrogen-bond acceptors (Lipinski definition) is 2. The Morgan fingerprint density at radius 1 is 1.15 bits per heavy atom. The quantitative estimate of drug-likeness (QED) is 0.719. The summed E-state index contributed by atoms with van der Waals surface area (Å²) in [5.74, 6) is 0. The molecule has 1 aromatic heterocycles. The van der Waals surface area contributed by atoms with Gasteiger partial charge in [-0.3, -0.25) is 4.98 Å². The van der Waals surface area contributed by atoms with Gasteiger partial charge in [-0.25, -0.2) is 0 Å². The van der Waals surface area contributed by atoms with Gasteiger partial charge < -0.3 is 5.32 Å². The van der Waals surface area contributed by atoms with Gasteiger partial charge in [-0.15, -0.1) is 0 Å². The van der Waals surface area contributed by atoms with Crippen molar-refractivity contribution in [2.75, 3.05) is 12.4 Å². The van der Waals surface area contributed by atoms with Gasteiger partial charge in [-0.05, 0) is 18.6 Å². The summed E-state index contributed by atoms with van der Waals surface area (Å²) in [5, 5.41) is 3.06. The van der Waals surface area contributed by atoms with Crippen LogP contribution in [0.2, 0.25) is 0 Å². The third kappa shape index (κ3) is 6.14. The molecule has 0 bridgehead atoms. The van der Waals surface area contributed by atoms with Gasteiger partial charge in [0.1, 0.15) is 0 Å². The normalized spacial score (nSPS) is 7.23. The molecule has 2 nitrogen and oxygen atoms in total. The SMILES string of the molecule is CC.CC.CNc1ccncc1C. The molecule has 0 fully saturated rings. The molecule has 0 aliphatic rings. The number of anilines is 1. The van der Waals surface area contributed by atoms with Crippen LogP contribution in [-0.4, -0.2) is 12.0 Å². The summed E-state index contributed by atoms with van der Waals surface area (Å²) in [6.45, 7) is 10.0. The van der Waals surface area contributed by atoms with Gasteiger partial charge >= 0.3 is 0 Å². The Morgan fingerprint density at radius 3 is 2.00 bits per heavy atom. The second-order valence-electron chi connectivity index (χ2n) is 1.94. The summed E-state index contributed by atoms with van der Waals surface area (Å²) < 4.78 is 0. The first-order valence-corrected chi connectivity index (χ1v) is 4.93. The zero-order valence-corrected chi connectivity index (χ0v) is 9.68. The molecule has 0 spiro atoms. The van der Waals surface area contributed by atoms with E-state index in [1.165, 1.54) is 5.56 Å². The lowest BCUT2D eigenvalue weighted by Crippen LogP contribution is -1.90. The Labute approximate surface area is 82.4 Å². The van der Waals surface area contributed by atoms with E-state index in [-0.39, 0.29) is 0 Å². The van der Waals surface area contributed by atoms with Gasteiger partial charge in [0.25, 0.3) is 0 Å². The minimum absolute atomic E-state index is 1.14. The number of aryl methyl sites for hydroxylation is 1. The zero-order valence-electron chi connectivity index (χ0n) is 9.68. The first kappa shape index (κ1) is 14.5. The van der Waals surface area contributed by atoms with Crippen molar-refractivity contribution in [3.63, 3.8) is 0 Å². The summed E-state index contributed by atoms with van der Waals surface area (Å²) >= 11 is 0. The lowest BCUT2D eigenvalue weighted by Gasteiger charge is -2.00. The van der Waals surface area contributed by atoms with Crippen molar-refractivity contribution in [3.05, 3.63) is 24.0 Å². The molecule has 2 heteroatoms. The maximum atomic E-state index is 3.95. The van der Waals surface area contributed by atoms with Crippen molar-refractivity contribution in [2.24, 2.45) is 0 Å². The fraction of sp³-hybridized carbons (Fsp3) is 0.545. The minimum atomic E-state index is 1.14. The predicted molar refractivity (Wildman–Crippen MR) is 61.2 cm³/mol. The Bertz CT molecular complexity index is 197. The summed E-state index contributed by atoms with van der Waals surface area (Å²) in [4.78, 5) is 3.95. The van der Waals surface area contributed by atoms with E-state index in [4.69, 9.17) is 0 Å². The summed E-state index contributed by atoms with van der Waals surface area (Å²) in [6.07, 6.45) is 3.62. The number of nitrogens with zero attached hydrogens (tertiary/aromatic N) is 1. The van der Waals surface area contributed by atoms with Crippen molar-refractivity contribution in [2.45, 2.75) is 34.6 Å². The highest BCUT2D eigenvalue weighted by atomic mass is 14.8. The van der Waals surface area contributed by atoms with Crippen LogP contribution in [-0.2, 0) is 0 Å². The third-order valence-corrected chi connectivity index (χ3v) is 1.29. The van der Waals surface area contributed by atoms with Crippen LogP contribution in [0, 0.1) is 6.92 Å². The van der Waals surface area contributed by atoms with E-state index in [1.54, 1.807) is 6.20 Å². The van der Waals surface area contributed by atoms with E-state index in [2.05, 4.69) is 10.3 Å². The summed E-state index contributed by atoms with van der Waals surface area (Å²) in [5.41, 5.74) is 2.32. The third-order valence-electron chi connectivity index (χ3n) is 1.29. The lowest BCUT2D eigenvalue weighted by atomic mass is 10.3. The summed E-state index contributed by atoms with van der Waals surface area (Å²) in [7, 11) is 1.91. The molecule has 1 aromatic rings. The maximum absolute atomic E-state index is 3.95. The molecule has 76 valence electrons. The number of nitrogens with one attached hydrogen (secondary N) is 1. The molecule has 0 saturated heterocycles. The van der Waals surface area contributed by atoms with Crippen LogP contribution in [0.25, 0.3) is 0 Å². The van der Waals surface area contributed by atoms with Gasteiger partial charge in [-0.1, -0.05) is 27.7 Å². The average molecular weight is 182 g/mol. The average Bonchev–Trinajstić information content (AvgIpc) is 2.24. The lowest BCUT2D eigenvalue weighted by molar-refractivity contribution is 1.26. The molecule has 13 heavy (non-hydrogen) atoms. The monoisotopic (exact) mass is 182 g/mol. The van der Waals surface area contributed by atoms with E-state index in [1.807, 2.05) is 53.9 Å². The van der Waals surface area contributed by atoms with E-state index >= 15 is 0 Å². The molecule has 0 saturated carbocycles. The number of aromatic nitrogens is 1. The Balaban J connectivity index is 0. The van der Waals surface area contributed by atoms with Crippen molar-refractivity contribution >= 4 is 5.69 Å². The molecular weight excluding hydrogens is 160 g/mol. The highest BCUT2D eigenvalue weighted by molar-refractivity contribution is 5.47. The Morgan fingerprint density at radius 2 is 1.69 bits per heavy atom. The van der Waals surface area contributed by atoms with Gasteiger partial charge in [0.05, 0.1) is 0 Å². The highest BCUT2D eigenvalue weighted by Gasteiger charge is 1.89. The maximum Gasteiger partial charge on any atom is 0.0398 e. The molecule has 0 atom stereocenters. The Hall–Kier alpha value is -1.05. The molecule has 1 N–H and O–H groups in total. The van der Waals surface area contributed by atoms with E-state index < -0.39 is 0 Å². The molecular formula is C11H22N2. The van der Waals surface area contributed by atoms with Crippen LogP contribution in [0.5, 0.6) is 0 Å². The number of pyridine rings is 1. The van der Waals surface area contributed by atoms with Crippen LogP contribution in [0.3, 0.4) is 0 Å². The van der Waals surface area contributed by atoms with E-state index in [9.17, 15) is 0 Å². The molecule has 0 aromatic carbocycles. The molecule has 1 rings (SSSR count). The van der Waals surface area contributed by atoms with Gasteiger partial charge in [0.15, 0.2) is 0 Å². The second kappa shape index (κ2) is 11.0. The van der Waals surface area contributed by atoms with E-state index in [0.29, 0.717) is 0 Å². The number of hydrogen-bond donors (Lipinski definition) is 1. The van der Waals surface area contributed by atoms with Crippen LogP contribution >= 0.6 is 0 Å².